The molecule has 0 aliphatic heterocycles. The summed E-state index contributed by atoms with van der Waals surface area (Å²) in [5.41, 5.74) is 3.03. The van der Waals surface area contributed by atoms with E-state index < -0.39 is 17.7 Å². The van der Waals surface area contributed by atoms with Crippen LogP contribution in [0.25, 0.3) is 11.1 Å². The molecule has 0 aliphatic carbocycles. The van der Waals surface area contributed by atoms with Crippen LogP contribution < -0.4 is 15.0 Å². The number of alkyl carbamates (subject to hydrolysis) is 1. The van der Waals surface area contributed by atoms with E-state index in [0.717, 1.165) is 16.7 Å². The van der Waals surface area contributed by atoms with Crippen LogP contribution >= 0.6 is 11.6 Å². The number of carbonyl (C=O) groups is 3. The Kier molecular flexibility index (Phi) is 10.6. The van der Waals surface area contributed by atoms with Gasteiger partial charge < -0.3 is 24.8 Å². The maximum absolute atomic E-state index is 13.9. The van der Waals surface area contributed by atoms with Gasteiger partial charge in [-0.2, -0.15) is 0 Å². The monoisotopic (exact) mass is 614 g/mol. The molecule has 0 aliphatic rings. The molecule has 0 bridgehead atoms. The number of rotatable bonds is 11. The second-order valence-corrected chi connectivity index (χ2v) is 11.6. The molecule has 9 heteroatoms. The lowest BCUT2D eigenvalue weighted by atomic mass is 10.0. The van der Waals surface area contributed by atoms with Crippen molar-refractivity contribution in [3.05, 3.63) is 113 Å². The van der Waals surface area contributed by atoms with Gasteiger partial charge in [-0.1, -0.05) is 66.2 Å². The number of benzene rings is 4. The molecule has 0 atom stereocenters. The number of carboxylic acid groups (broad SMARTS) is 1. The smallest absolute Gasteiger partial charge is 0.407 e. The lowest BCUT2D eigenvalue weighted by Crippen LogP contribution is -2.32. The first-order valence-corrected chi connectivity index (χ1v) is 14.6. The number of nitrogens with zero attached hydrogens (tertiary/aromatic N) is 1. The Morgan fingerprint density at radius 2 is 1.57 bits per heavy atom. The number of amides is 2. The van der Waals surface area contributed by atoms with Crippen molar-refractivity contribution in [2.75, 3.05) is 11.4 Å². The van der Waals surface area contributed by atoms with Gasteiger partial charge in [-0.25, -0.2) is 4.79 Å². The molecule has 0 heterocycles. The highest BCUT2D eigenvalue weighted by Gasteiger charge is 2.23. The Morgan fingerprint density at radius 1 is 0.864 bits per heavy atom. The van der Waals surface area contributed by atoms with E-state index in [1.165, 1.54) is 4.90 Å². The summed E-state index contributed by atoms with van der Waals surface area (Å²) in [6, 6.07) is 29.2. The van der Waals surface area contributed by atoms with Crippen LogP contribution in [-0.4, -0.2) is 35.2 Å². The van der Waals surface area contributed by atoms with Crippen molar-refractivity contribution >= 4 is 35.3 Å². The second kappa shape index (κ2) is 14.6. The van der Waals surface area contributed by atoms with Crippen LogP contribution in [0.15, 0.2) is 97.1 Å². The Balaban J connectivity index is 1.59. The summed E-state index contributed by atoms with van der Waals surface area (Å²) in [5.74, 6) is -0.479. The third kappa shape index (κ3) is 9.34. The summed E-state index contributed by atoms with van der Waals surface area (Å²) < 4.78 is 11.6. The van der Waals surface area contributed by atoms with E-state index in [1.807, 2.05) is 48.5 Å². The van der Waals surface area contributed by atoms with Gasteiger partial charge in [-0.15, -0.1) is 0 Å². The van der Waals surface area contributed by atoms with E-state index in [4.69, 9.17) is 21.1 Å². The van der Waals surface area contributed by atoms with Crippen LogP contribution in [0.2, 0.25) is 5.02 Å². The van der Waals surface area contributed by atoms with Crippen molar-refractivity contribution in [3.8, 4) is 22.6 Å². The predicted molar refractivity (Wildman–Crippen MR) is 171 cm³/mol. The lowest BCUT2D eigenvalue weighted by molar-refractivity contribution is -0.137. The average Bonchev–Trinajstić information content (AvgIpc) is 2.98. The molecule has 4 rings (SSSR count). The topological polar surface area (TPSA) is 105 Å². The van der Waals surface area contributed by atoms with Gasteiger partial charge in [-0.05, 0) is 80.3 Å². The fourth-order valence-electron chi connectivity index (χ4n) is 4.44. The average molecular weight is 615 g/mol. The van der Waals surface area contributed by atoms with Crippen molar-refractivity contribution in [1.82, 2.24) is 5.32 Å². The normalized spacial score (nSPS) is 11.0. The Morgan fingerprint density at radius 3 is 2.25 bits per heavy atom. The zero-order valence-corrected chi connectivity index (χ0v) is 25.6. The van der Waals surface area contributed by atoms with E-state index in [1.54, 1.807) is 69.3 Å². The SMILES string of the molecule is CC(C)(C)OC(=O)NCc1cccc(Oc2cc(Cl)ccc2N(CCCC(=O)O)C(=O)c2ccc(-c3ccccc3)cc2)c1. The number of halogens is 1. The van der Waals surface area contributed by atoms with Crippen LogP contribution in [-0.2, 0) is 16.1 Å². The fraction of sp³-hybridized carbons (Fsp3) is 0.229. The number of carbonyl (C=O) groups excluding carboxylic acids is 2. The van der Waals surface area contributed by atoms with E-state index in [9.17, 15) is 19.5 Å². The number of nitrogens with one attached hydrogen (secondary N) is 1. The Bertz CT molecular complexity index is 1600. The van der Waals surface area contributed by atoms with Gasteiger partial charge in [0.15, 0.2) is 5.75 Å². The van der Waals surface area contributed by atoms with Crippen LogP contribution in [0.4, 0.5) is 10.5 Å². The van der Waals surface area contributed by atoms with Crippen LogP contribution in [0, 0.1) is 0 Å². The number of hydrogen-bond acceptors (Lipinski definition) is 5. The number of hydrogen-bond donors (Lipinski definition) is 2. The minimum atomic E-state index is -0.950. The molecule has 4 aromatic carbocycles. The molecule has 2 N–H and O–H groups in total. The summed E-state index contributed by atoms with van der Waals surface area (Å²) in [5, 5.41) is 12.4. The zero-order valence-electron chi connectivity index (χ0n) is 24.9. The molecule has 0 unspecified atom stereocenters. The molecule has 0 spiro atoms. The minimum absolute atomic E-state index is 0.104. The molecule has 0 fully saturated rings. The third-order valence-electron chi connectivity index (χ3n) is 6.43. The lowest BCUT2D eigenvalue weighted by Gasteiger charge is -2.25. The number of carboxylic acids is 1. The van der Waals surface area contributed by atoms with Gasteiger partial charge in [0, 0.05) is 36.2 Å². The highest BCUT2D eigenvalue weighted by Crippen LogP contribution is 2.36. The summed E-state index contributed by atoms with van der Waals surface area (Å²) in [4.78, 5) is 38.8. The minimum Gasteiger partial charge on any atom is -0.481 e. The Labute approximate surface area is 262 Å². The molecule has 4 aromatic rings. The number of aliphatic carboxylic acids is 1. The van der Waals surface area contributed by atoms with Gasteiger partial charge in [0.1, 0.15) is 11.4 Å². The van der Waals surface area contributed by atoms with E-state index >= 15 is 0 Å². The maximum atomic E-state index is 13.9. The standard InChI is InChI=1S/C35H35ClN2O6/c1-35(2,3)44-34(42)37-23-24-9-7-12-29(21-24)43-31-22-28(36)18-19-30(31)38(20-8-13-32(39)40)33(41)27-16-14-26(15-17-27)25-10-5-4-6-11-25/h4-7,9-12,14-19,21-22H,8,13,20,23H2,1-3H3,(H,37,42)(H,39,40). The Hall–Kier alpha value is -4.82. The quantitative estimate of drug-likeness (QED) is 0.176. The van der Waals surface area contributed by atoms with E-state index in [2.05, 4.69) is 5.32 Å². The summed E-state index contributed by atoms with van der Waals surface area (Å²) in [7, 11) is 0. The molecule has 0 radical (unpaired) electrons. The first kappa shape index (κ1) is 32.1. The highest BCUT2D eigenvalue weighted by molar-refractivity contribution is 6.30. The van der Waals surface area contributed by atoms with Crippen molar-refractivity contribution in [1.29, 1.82) is 0 Å². The van der Waals surface area contributed by atoms with Gasteiger partial charge in [-0.3, -0.25) is 9.59 Å². The summed E-state index contributed by atoms with van der Waals surface area (Å²) in [6.07, 6.45) is -0.405. The first-order chi connectivity index (χ1) is 21.0. The molecule has 2 amide bonds. The molecule has 0 saturated heterocycles. The van der Waals surface area contributed by atoms with Gasteiger partial charge in [0.2, 0.25) is 0 Å². The van der Waals surface area contributed by atoms with Crippen molar-refractivity contribution in [2.45, 2.75) is 45.8 Å². The second-order valence-electron chi connectivity index (χ2n) is 11.1. The van der Waals surface area contributed by atoms with Crippen molar-refractivity contribution in [2.24, 2.45) is 0 Å². The van der Waals surface area contributed by atoms with Gasteiger partial charge in [0.05, 0.1) is 5.69 Å². The first-order valence-electron chi connectivity index (χ1n) is 14.2. The zero-order chi connectivity index (χ0) is 31.7. The molecule has 44 heavy (non-hydrogen) atoms. The summed E-state index contributed by atoms with van der Waals surface area (Å²) in [6.45, 7) is 5.73. The molecular formula is C35H35ClN2O6. The molecule has 8 nitrogen and oxygen atoms in total. The largest absolute Gasteiger partial charge is 0.481 e. The predicted octanol–water partition coefficient (Wildman–Crippen LogP) is 8.34. The van der Waals surface area contributed by atoms with E-state index in [0.29, 0.717) is 27.8 Å². The maximum Gasteiger partial charge on any atom is 0.407 e. The van der Waals surface area contributed by atoms with Crippen molar-refractivity contribution in [3.63, 3.8) is 0 Å². The van der Waals surface area contributed by atoms with Crippen molar-refractivity contribution < 1.29 is 29.0 Å². The van der Waals surface area contributed by atoms with Crippen LogP contribution in [0.1, 0.15) is 49.5 Å². The van der Waals surface area contributed by atoms with Gasteiger partial charge >= 0.3 is 12.1 Å². The number of anilines is 1. The molecule has 0 saturated carbocycles. The highest BCUT2D eigenvalue weighted by atomic mass is 35.5. The van der Waals surface area contributed by atoms with Crippen LogP contribution in [0.5, 0.6) is 11.5 Å². The van der Waals surface area contributed by atoms with Crippen LogP contribution in [0.3, 0.4) is 0 Å². The molecule has 0 aromatic heterocycles. The fourth-order valence-corrected chi connectivity index (χ4v) is 4.60. The third-order valence-corrected chi connectivity index (χ3v) is 6.67. The molecule has 228 valence electrons. The van der Waals surface area contributed by atoms with E-state index in [-0.39, 0.29) is 31.8 Å². The van der Waals surface area contributed by atoms with Gasteiger partial charge in [0.25, 0.3) is 5.91 Å². The number of ether oxygens (including phenoxy) is 2. The summed E-state index contributed by atoms with van der Waals surface area (Å²) >= 11 is 6.35. The molecular weight excluding hydrogens is 580 g/mol.